The molecule has 0 aromatic heterocycles. The van der Waals surface area contributed by atoms with E-state index in [1.165, 1.54) is 26.8 Å². The molecule has 2 aromatic carbocycles. The summed E-state index contributed by atoms with van der Waals surface area (Å²) in [5.74, 6) is -2.34. The summed E-state index contributed by atoms with van der Waals surface area (Å²) in [5.41, 5.74) is -0.292. The van der Waals surface area contributed by atoms with E-state index in [4.69, 9.17) is 4.74 Å². The highest BCUT2D eigenvalue weighted by Gasteiger charge is 2.56. The Labute approximate surface area is 196 Å². The van der Waals surface area contributed by atoms with Crippen LogP contribution in [0.3, 0.4) is 0 Å². The lowest BCUT2D eigenvalue weighted by Crippen LogP contribution is -2.41. The summed E-state index contributed by atoms with van der Waals surface area (Å²) in [5, 5.41) is 33.8. The summed E-state index contributed by atoms with van der Waals surface area (Å²) in [7, 11) is 0. The quantitative estimate of drug-likeness (QED) is 0.302. The van der Waals surface area contributed by atoms with Crippen molar-refractivity contribution in [3.8, 4) is 23.0 Å². The summed E-state index contributed by atoms with van der Waals surface area (Å²) in [6.45, 7) is 6.28. The minimum atomic E-state index is -1.54. The molecule has 4 rings (SSSR count). The molecule has 1 atom stereocenters. The molecule has 34 heavy (non-hydrogen) atoms. The lowest BCUT2D eigenvalue weighted by atomic mass is 9.70. The number of aromatic hydroxyl groups is 3. The van der Waals surface area contributed by atoms with Gasteiger partial charge in [-0.05, 0) is 51.8 Å². The van der Waals surface area contributed by atoms with Crippen LogP contribution in [0.4, 0.5) is 0 Å². The fraction of sp³-hybridized carbons (Fsp3) is 0.269. The first-order chi connectivity index (χ1) is 16.0. The fourth-order valence-corrected chi connectivity index (χ4v) is 4.51. The van der Waals surface area contributed by atoms with E-state index in [9.17, 15) is 29.7 Å². The van der Waals surface area contributed by atoms with Gasteiger partial charge in [-0.15, -0.1) is 0 Å². The van der Waals surface area contributed by atoms with Gasteiger partial charge in [-0.1, -0.05) is 12.1 Å². The number of phenolic OH excluding ortho intramolecular Hbond substituents is 3. The Balaban J connectivity index is 1.73. The van der Waals surface area contributed by atoms with Crippen molar-refractivity contribution < 1.29 is 34.4 Å². The van der Waals surface area contributed by atoms with Crippen LogP contribution in [-0.2, 0) is 21.4 Å². The Bertz CT molecular complexity index is 1320. The summed E-state index contributed by atoms with van der Waals surface area (Å²) in [6.07, 6.45) is 1.79. The van der Waals surface area contributed by atoms with Gasteiger partial charge in [0.15, 0.2) is 17.3 Å². The molecule has 0 amide bonds. The third-order valence-corrected chi connectivity index (χ3v) is 6.50. The fourth-order valence-electron chi connectivity index (χ4n) is 4.51. The monoisotopic (exact) mass is 463 g/mol. The summed E-state index contributed by atoms with van der Waals surface area (Å²) >= 11 is 0. The molecule has 0 radical (unpaired) electrons. The number of rotatable bonds is 5. The molecule has 8 nitrogen and oxygen atoms in total. The van der Waals surface area contributed by atoms with E-state index in [1.807, 2.05) is 0 Å². The number of allylic oxidation sites excluding steroid dienone is 4. The Kier molecular flexibility index (Phi) is 5.47. The number of carbonyl (C=O) groups is 3. The summed E-state index contributed by atoms with van der Waals surface area (Å²) in [6, 6.07) is 6.74. The van der Waals surface area contributed by atoms with Crippen LogP contribution in [0.15, 0.2) is 47.4 Å². The maximum absolute atomic E-state index is 13.7. The Morgan fingerprint density at radius 3 is 2.32 bits per heavy atom. The topological polar surface area (TPSA) is 133 Å². The molecule has 1 aliphatic carbocycles. The van der Waals surface area contributed by atoms with Gasteiger partial charge in [0.25, 0.3) is 0 Å². The van der Waals surface area contributed by atoms with Crippen LogP contribution in [0.1, 0.15) is 47.8 Å². The first-order valence-electron chi connectivity index (χ1n) is 10.8. The lowest BCUT2D eigenvalue weighted by Gasteiger charge is -2.29. The van der Waals surface area contributed by atoms with Gasteiger partial charge in [0.1, 0.15) is 39.7 Å². The molecule has 8 heteroatoms. The number of hydrogen-bond donors (Lipinski definition) is 4. The molecule has 176 valence electrons. The predicted octanol–water partition coefficient (Wildman–Crippen LogP) is 3.11. The molecule has 2 aliphatic rings. The number of ether oxygens (including phenoxy) is 1. The van der Waals surface area contributed by atoms with Crippen molar-refractivity contribution in [2.45, 2.75) is 39.5 Å². The molecule has 0 fully saturated rings. The normalized spacial score (nSPS) is 20.3. The van der Waals surface area contributed by atoms with Crippen molar-refractivity contribution in [1.29, 1.82) is 0 Å². The SMILES string of the molecule is CC(=O)c1c(O)c(C)c(O)c2c1OC1=CC(=O)/C(=C(/C)NCCc3ccc(O)cc3)C(=O)[C@@]12C. The molecule has 0 saturated heterocycles. The molecule has 1 aliphatic heterocycles. The average Bonchev–Trinajstić information content (AvgIpc) is 3.06. The third-order valence-electron chi connectivity index (χ3n) is 6.50. The number of carbonyl (C=O) groups excluding carboxylic acids is 3. The lowest BCUT2D eigenvalue weighted by molar-refractivity contribution is -0.123. The van der Waals surface area contributed by atoms with E-state index in [0.717, 1.165) is 5.56 Å². The number of fused-ring (bicyclic) bond motifs is 3. The van der Waals surface area contributed by atoms with E-state index >= 15 is 0 Å². The maximum Gasteiger partial charge on any atom is 0.194 e. The predicted molar refractivity (Wildman–Crippen MR) is 123 cm³/mol. The van der Waals surface area contributed by atoms with Gasteiger partial charge in [-0.25, -0.2) is 0 Å². The highest BCUT2D eigenvalue weighted by atomic mass is 16.5. The Morgan fingerprint density at radius 2 is 1.71 bits per heavy atom. The second kappa shape index (κ2) is 8.06. The zero-order chi connectivity index (χ0) is 24.9. The molecule has 0 spiro atoms. The Hall–Kier alpha value is -4.07. The van der Waals surface area contributed by atoms with Gasteiger partial charge >= 0.3 is 0 Å². The molecule has 0 saturated carbocycles. The molecule has 2 aromatic rings. The highest BCUT2D eigenvalue weighted by molar-refractivity contribution is 6.31. The number of ketones is 3. The van der Waals surface area contributed by atoms with Crippen LogP contribution in [0.5, 0.6) is 23.0 Å². The van der Waals surface area contributed by atoms with Gasteiger partial charge in [0.2, 0.25) is 0 Å². The first-order valence-corrected chi connectivity index (χ1v) is 10.8. The van der Waals surface area contributed by atoms with Crippen LogP contribution in [0.25, 0.3) is 0 Å². The zero-order valence-corrected chi connectivity index (χ0v) is 19.3. The molecule has 0 unspecified atom stereocenters. The molecular formula is C26H25NO7. The smallest absolute Gasteiger partial charge is 0.194 e. The standard InChI is InChI=1S/C26H25NO7/c1-12-22(31)20(14(3)28)24-21(23(12)32)26(4)18(34-24)11-17(30)19(25(26)33)13(2)27-10-9-15-5-7-16(29)8-6-15/h5-8,11,27,29,31-32H,9-10H2,1-4H3/b19-13+/t26-/m0/s1. The third kappa shape index (κ3) is 3.34. The number of nitrogens with one attached hydrogen (secondary N) is 1. The maximum atomic E-state index is 13.7. The second-order valence-corrected chi connectivity index (χ2v) is 8.73. The minimum Gasteiger partial charge on any atom is -0.508 e. The largest absolute Gasteiger partial charge is 0.508 e. The van der Waals surface area contributed by atoms with E-state index in [2.05, 4.69) is 5.32 Å². The van der Waals surface area contributed by atoms with Crippen molar-refractivity contribution >= 4 is 17.3 Å². The minimum absolute atomic E-state index is 0.000873. The molecule has 0 bridgehead atoms. The molecular weight excluding hydrogens is 438 g/mol. The van der Waals surface area contributed by atoms with Gasteiger partial charge in [-0.2, -0.15) is 0 Å². The van der Waals surface area contributed by atoms with Gasteiger partial charge in [-0.3, -0.25) is 14.4 Å². The van der Waals surface area contributed by atoms with Crippen molar-refractivity contribution in [3.63, 3.8) is 0 Å². The van der Waals surface area contributed by atoms with Crippen molar-refractivity contribution in [3.05, 3.63) is 69.6 Å². The van der Waals surface area contributed by atoms with Crippen molar-refractivity contribution in [1.82, 2.24) is 5.32 Å². The number of benzene rings is 2. The molecule has 4 N–H and O–H groups in total. The average molecular weight is 463 g/mol. The van der Waals surface area contributed by atoms with E-state index in [1.54, 1.807) is 31.2 Å². The first kappa shape index (κ1) is 23.1. The zero-order valence-electron chi connectivity index (χ0n) is 19.3. The van der Waals surface area contributed by atoms with Crippen molar-refractivity contribution in [2.75, 3.05) is 6.54 Å². The van der Waals surface area contributed by atoms with Crippen LogP contribution in [0, 0.1) is 6.92 Å². The van der Waals surface area contributed by atoms with E-state index in [0.29, 0.717) is 18.7 Å². The summed E-state index contributed by atoms with van der Waals surface area (Å²) < 4.78 is 5.76. The summed E-state index contributed by atoms with van der Waals surface area (Å²) in [4.78, 5) is 38.9. The van der Waals surface area contributed by atoms with Crippen LogP contribution < -0.4 is 10.1 Å². The highest BCUT2D eigenvalue weighted by Crippen LogP contribution is 2.57. The van der Waals surface area contributed by atoms with Gasteiger partial charge < -0.3 is 25.4 Å². The van der Waals surface area contributed by atoms with Crippen LogP contribution in [-0.4, -0.2) is 39.2 Å². The van der Waals surface area contributed by atoms with E-state index in [-0.39, 0.29) is 45.3 Å². The number of hydrogen-bond acceptors (Lipinski definition) is 8. The molecule has 1 heterocycles. The van der Waals surface area contributed by atoms with Gasteiger partial charge in [0, 0.05) is 23.9 Å². The number of phenols is 3. The Morgan fingerprint density at radius 1 is 1.06 bits per heavy atom. The van der Waals surface area contributed by atoms with Crippen molar-refractivity contribution in [2.24, 2.45) is 0 Å². The second-order valence-electron chi connectivity index (χ2n) is 8.73. The number of Topliss-reactive ketones (excluding diaryl/α,β-unsaturated/α-hetero) is 2. The van der Waals surface area contributed by atoms with Gasteiger partial charge in [0.05, 0.1) is 11.1 Å². The van der Waals surface area contributed by atoms with Crippen LogP contribution >= 0.6 is 0 Å². The van der Waals surface area contributed by atoms with E-state index < -0.39 is 28.5 Å². The van der Waals surface area contributed by atoms with Crippen LogP contribution in [0.2, 0.25) is 0 Å².